The Balaban J connectivity index is 2.79. The number of benzene rings is 1. The van der Waals surface area contributed by atoms with Crippen LogP contribution in [-0.4, -0.2) is 23.8 Å². The maximum atomic E-state index is 10.3. The molecule has 90 valence electrons. The highest BCUT2D eigenvalue weighted by atomic mass is 16.3. The van der Waals surface area contributed by atoms with Crippen LogP contribution in [-0.2, 0) is 6.42 Å². The molecule has 1 rings (SSSR count). The summed E-state index contributed by atoms with van der Waals surface area (Å²) in [6.07, 6.45) is 0.707. The highest BCUT2D eigenvalue weighted by molar-refractivity contribution is 5.34. The third-order valence-electron chi connectivity index (χ3n) is 2.96. The van der Waals surface area contributed by atoms with Gasteiger partial charge in [-0.05, 0) is 44.0 Å². The minimum atomic E-state index is -0.674. The summed E-state index contributed by atoms with van der Waals surface area (Å²) >= 11 is 0. The van der Waals surface area contributed by atoms with Gasteiger partial charge >= 0.3 is 0 Å². The predicted molar refractivity (Wildman–Crippen MR) is 68.8 cm³/mol. The first-order valence-corrected chi connectivity index (χ1v) is 5.94. The molecule has 1 aromatic carbocycles. The van der Waals surface area contributed by atoms with Crippen LogP contribution in [0.4, 0.5) is 0 Å². The quantitative estimate of drug-likeness (QED) is 0.799. The summed E-state index contributed by atoms with van der Waals surface area (Å²) in [6, 6.07) is 6.27. The van der Waals surface area contributed by atoms with E-state index in [1.165, 1.54) is 16.7 Å². The minimum Gasteiger partial charge on any atom is -0.389 e. The lowest BCUT2D eigenvalue weighted by Gasteiger charge is -2.25. The molecule has 0 heterocycles. The Morgan fingerprint density at radius 3 is 2.31 bits per heavy atom. The van der Waals surface area contributed by atoms with Crippen LogP contribution in [0.2, 0.25) is 0 Å². The summed E-state index contributed by atoms with van der Waals surface area (Å²) in [5.74, 6) is 0. The number of aliphatic hydroxyl groups is 1. The van der Waals surface area contributed by atoms with Crippen molar-refractivity contribution < 1.29 is 5.11 Å². The Hall–Kier alpha value is -0.860. The molecule has 1 unspecified atom stereocenters. The number of hydrogen-bond donors (Lipinski definition) is 2. The molecule has 1 aromatic rings. The van der Waals surface area contributed by atoms with Crippen LogP contribution in [0.3, 0.4) is 0 Å². The molecule has 0 bridgehead atoms. The number of hydrogen-bond acceptors (Lipinski definition) is 2. The lowest BCUT2D eigenvalue weighted by molar-refractivity contribution is 0.0604. The van der Waals surface area contributed by atoms with Gasteiger partial charge in [-0.3, -0.25) is 0 Å². The van der Waals surface area contributed by atoms with Crippen molar-refractivity contribution in [2.45, 2.75) is 39.7 Å². The third-order valence-corrected chi connectivity index (χ3v) is 2.96. The summed E-state index contributed by atoms with van der Waals surface area (Å²) in [7, 11) is 0. The molecule has 0 aliphatic heterocycles. The fraction of sp³-hybridized carbons (Fsp3) is 0.571. The molecule has 0 amide bonds. The van der Waals surface area contributed by atoms with Crippen LogP contribution < -0.4 is 5.32 Å². The Morgan fingerprint density at radius 1 is 1.25 bits per heavy atom. The molecule has 16 heavy (non-hydrogen) atoms. The van der Waals surface area contributed by atoms with Gasteiger partial charge in [0.25, 0.3) is 0 Å². The van der Waals surface area contributed by atoms with E-state index in [0.29, 0.717) is 13.0 Å². The molecule has 0 aliphatic rings. The van der Waals surface area contributed by atoms with Crippen molar-refractivity contribution in [1.29, 1.82) is 0 Å². The zero-order chi connectivity index (χ0) is 12.2. The Morgan fingerprint density at radius 2 is 1.81 bits per heavy atom. The van der Waals surface area contributed by atoms with E-state index in [2.05, 4.69) is 44.3 Å². The largest absolute Gasteiger partial charge is 0.389 e. The van der Waals surface area contributed by atoms with Gasteiger partial charge in [-0.1, -0.05) is 25.1 Å². The molecule has 0 radical (unpaired) electrons. The summed E-state index contributed by atoms with van der Waals surface area (Å²) in [5.41, 5.74) is 3.12. The first-order chi connectivity index (χ1) is 7.46. The molecule has 0 saturated heterocycles. The molecule has 2 N–H and O–H groups in total. The summed E-state index contributed by atoms with van der Waals surface area (Å²) in [5, 5.41) is 13.5. The lowest BCUT2D eigenvalue weighted by Crippen LogP contribution is -2.40. The molecule has 0 aliphatic carbocycles. The summed E-state index contributed by atoms with van der Waals surface area (Å²) < 4.78 is 0. The second-order valence-corrected chi connectivity index (χ2v) is 4.82. The van der Waals surface area contributed by atoms with Gasteiger partial charge < -0.3 is 10.4 Å². The molecule has 0 saturated carbocycles. The zero-order valence-electron chi connectivity index (χ0n) is 10.8. The maximum absolute atomic E-state index is 10.3. The van der Waals surface area contributed by atoms with E-state index in [4.69, 9.17) is 0 Å². The van der Waals surface area contributed by atoms with Gasteiger partial charge in [0.15, 0.2) is 0 Å². The van der Waals surface area contributed by atoms with Gasteiger partial charge in [-0.15, -0.1) is 0 Å². The lowest BCUT2D eigenvalue weighted by atomic mass is 9.90. The van der Waals surface area contributed by atoms with Crippen molar-refractivity contribution in [3.8, 4) is 0 Å². The van der Waals surface area contributed by atoms with E-state index in [1.807, 2.05) is 6.92 Å². The van der Waals surface area contributed by atoms with Crippen LogP contribution in [0.25, 0.3) is 0 Å². The normalized spacial score (nSPS) is 14.8. The Labute approximate surface area is 98.7 Å². The molecule has 0 aromatic heterocycles. The third kappa shape index (κ3) is 3.62. The number of aryl methyl sites for hydroxylation is 2. The van der Waals surface area contributed by atoms with Gasteiger partial charge in [-0.2, -0.15) is 0 Å². The number of rotatable bonds is 5. The average molecular weight is 221 g/mol. The SMILES string of the molecule is CCNCC(C)(O)Cc1c(C)cccc1C. The van der Waals surface area contributed by atoms with E-state index >= 15 is 0 Å². The molecule has 2 nitrogen and oxygen atoms in total. The van der Waals surface area contributed by atoms with E-state index in [1.54, 1.807) is 0 Å². The van der Waals surface area contributed by atoms with Crippen molar-refractivity contribution in [2.24, 2.45) is 0 Å². The minimum absolute atomic E-state index is 0.636. The summed E-state index contributed by atoms with van der Waals surface area (Å²) in [6.45, 7) is 9.67. The van der Waals surface area contributed by atoms with E-state index in [0.717, 1.165) is 6.54 Å². The van der Waals surface area contributed by atoms with Gasteiger partial charge in [0, 0.05) is 13.0 Å². The second kappa shape index (κ2) is 5.46. The predicted octanol–water partition coefficient (Wildman–Crippen LogP) is 2.21. The number of nitrogens with one attached hydrogen (secondary N) is 1. The van der Waals surface area contributed by atoms with Crippen molar-refractivity contribution in [3.05, 3.63) is 34.9 Å². The number of likely N-dealkylation sites (N-methyl/N-ethyl adjacent to an activating group) is 1. The highest BCUT2D eigenvalue weighted by Gasteiger charge is 2.21. The Kier molecular flexibility index (Phi) is 4.51. The fourth-order valence-electron chi connectivity index (χ4n) is 1.97. The molecule has 1 atom stereocenters. The maximum Gasteiger partial charge on any atom is 0.0783 e. The van der Waals surface area contributed by atoms with Crippen LogP contribution in [0.5, 0.6) is 0 Å². The fourth-order valence-corrected chi connectivity index (χ4v) is 1.97. The van der Waals surface area contributed by atoms with Crippen molar-refractivity contribution >= 4 is 0 Å². The van der Waals surface area contributed by atoms with Gasteiger partial charge in [0.1, 0.15) is 0 Å². The molecule has 2 heteroatoms. The smallest absolute Gasteiger partial charge is 0.0783 e. The first kappa shape index (κ1) is 13.2. The van der Waals surface area contributed by atoms with Crippen molar-refractivity contribution in [2.75, 3.05) is 13.1 Å². The second-order valence-electron chi connectivity index (χ2n) is 4.82. The van der Waals surface area contributed by atoms with E-state index in [9.17, 15) is 5.11 Å². The molecule has 0 spiro atoms. The van der Waals surface area contributed by atoms with Gasteiger partial charge in [0.2, 0.25) is 0 Å². The van der Waals surface area contributed by atoms with E-state index < -0.39 is 5.60 Å². The van der Waals surface area contributed by atoms with Crippen LogP contribution in [0.1, 0.15) is 30.5 Å². The van der Waals surface area contributed by atoms with Crippen LogP contribution in [0.15, 0.2) is 18.2 Å². The highest BCUT2D eigenvalue weighted by Crippen LogP contribution is 2.19. The van der Waals surface area contributed by atoms with Crippen LogP contribution >= 0.6 is 0 Å². The first-order valence-electron chi connectivity index (χ1n) is 5.94. The Bertz CT molecular complexity index is 324. The molecular formula is C14H23NO. The van der Waals surface area contributed by atoms with E-state index in [-0.39, 0.29) is 0 Å². The standard InChI is InChI=1S/C14H23NO/c1-5-15-10-14(4,16)9-13-11(2)7-6-8-12(13)3/h6-8,15-16H,5,9-10H2,1-4H3. The zero-order valence-corrected chi connectivity index (χ0v) is 10.8. The monoisotopic (exact) mass is 221 g/mol. The van der Waals surface area contributed by atoms with Gasteiger partial charge in [-0.25, -0.2) is 0 Å². The average Bonchev–Trinajstić information content (AvgIpc) is 2.21. The molecular weight excluding hydrogens is 198 g/mol. The van der Waals surface area contributed by atoms with Crippen molar-refractivity contribution in [3.63, 3.8) is 0 Å². The topological polar surface area (TPSA) is 32.3 Å². The van der Waals surface area contributed by atoms with Crippen molar-refractivity contribution in [1.82, 2.24) is 5.32 Å². The van der Waals surface area contributed by atoms with Gasteiger partial charge in [0.05, 0.1) is 5.60 Å². The molecule has 0 fully saturated rings. The summed E-state index contributed by atoms with van der Waals surface area (Å²) in [4.78, 5) is 0. The van der Waals surface area contributed by atoms with Crippen LogP contribution in [0, 0.1) is 13.8 Å².